The lowest BCUT2D eigenvalue weighted by molar-refractivity contribution is 0.570. The van der Waals surface area contributed by atoms with Gasteiger partial charge in [0.25, 0.3) is 0 Å². The molecule has 0 saturated heterocycles. The molecular formula is C10H15IN2. The first-order valence-corrected chi connectivity index (χ1v) is 6.15. The van der Waals surface area contributed by atoms with Gasteiger partial charge in [-0.05, 0) is 48.3 Å². The van der Waals surface area contributed by atoms with E-state index in [4.69, 9.17) is 0 Å². The van der Waals surface area contributed by atoms with Crippen LogP contribution < -0.4 is 0 Å². The molecule has 13 heavy (non-hydrogen) atoms. The molecule has 0 N–H and O–H groups in total. The van der Waals surface area contributed by atoms with Gasteiger partial charge in [-0.3, -0.25) is 4.68 Å². The van der Waals surface area contributed by atoms with Gasteiger partial charge in [-0.15, -0.1) is 0 Å². The van der Waals surface area contributed by atoms with Gasteiger partial charge < -0.3 is 0 Å². The van der Waals surface area contributed by atoms with Gasteiger partial charge in [-0.2, -0.15) is 5.10 Å². The van der Waals surface area contributed by atoms with Crippen molar-refractivity contribution in [3.63, 3.8) is 0 Å². The molecular weight excluding hydrogens is 275 g/mol. The lowest BCUT2D eigenvalue weighted by Gasteiger charge is -2.00. The molecule has 0 aliphatic carbocycles. The fourth-order valence-corrected chi connectivity index (χ4v) is 2.95. The van der Waals surface area contributed by atoms with Crippen LogP contribution >= 0.6 is 22.6 Å². The Morgan fingerprint density at radius 1 is 1.38 bits per heavy atom. The minimum absolute atomic E-state index is 1.07. The lowest BCUT2D eigenvalue weighted by Crippen LogP contribution is -2.02. The van der Waals surface area contributed by atoms with Crippen LogP contribution in [0.1, 0.15) is 37.6 Å². The van der Waals surface area contributed by atoms with E-state index < -0.39 is 0 Å². The van der Waals surface area contributed by atoms with E-state index in [1.54, 1.807) is 0 Å². The maximum absolute atomic E-state index is 4.64. The number of nitrogens with zero attached hydrogens (tertiary/aromatic N) is 2. The Hall–Kier alpha value is -0.0600. The van der Waals surface area contributed by atoms with Crippen molar-refractivity contribution in [2.24, 2.45) is 0 Å². The average molecular weight is 290 g/mol. The van der Waals surface area contributed by atoms with Crippen molar-refractivity contribution >= 4 is 22.6 Å². The van der Waals surface area contributed by atoms with Crippen molar-refractivity contribution in [2.45, 2.75) is 45.6 Å². The van der Waals surface area contributed by atoms with E-state index >= 15 is 0 Å². The summed E-state index contributed by atoms with van der Waals surface area (Å²) < 4.78 is 3.65. The smallest absolute Gasteiger partial charge is 0.0758 e. The van der Waals surface area contributed by atoms with Crippen molar-refractivity contribution in [2.75, 3.05) is 0 Å². The number of hydrogen-bond donors (Lipinski definition) is 0. The van der Waals surface area contributed by atoms with E-state index in [2.05, 4.69) is 39.3 Å². The summed E-state index contributed by atoms with van der Waals surface area (Å²) in [5, 5.41) is 4.64. The highest BCUT2D eigenvalue weighted by Gasteiger charge is 2.15. The van der Waals surface area contributed by atoms with Crippen molar-refractivity contribution in [1.29, 1.82) is 0 Å². The molecule has 0 aromatic carbocycles. The van der Waals surface area contributed by atoms with Crippen molar-refractivity contribution < 1.29 is 0 Å². The Kier molecular flexibility index (Phi) is 2.91. The quantitative estimate of drug-likeness (QED) is 0.727. The summed E-state index contributed by atoms with van der Waals surface area (Å²) in [5.74, 6) is 0. The normalized spacial score (nSPS) is 16.8. The summed E-state index contributed by atoms with van der Waals surface area (Å²) >= 11 is 2.45. The molecule has 72 valence electrons. The first kappa shape index (κ1) is 9.49. The number of halogens is 1. The Bertz CT molecular complexity index is 304. The summed E-state index contributed by atoms with van der Waals surface area (Å²) in [6.07, 6.45) is 6.29. The molecule has 0 amide bonds. The third-order valence-electron chi connectivity index (χ3n) is 2.68. The van der Waals surface area contributed by atoms with Gasteiger partial charge in [-0.1, -0.05) is 13.3 Å². The van der Waals surface area contributed by atoms with E-state index in [-0.39, 0.29) is 0 Å². The summed E-state index contributed by atoms with van der Waals surface area (Å²) in [4.78, 5) is 0. The van der Waals surface area contributed by atoms with Gasteiger partial charge in [0.15, 0.2) is 0 Å². The zero-order chi connectivity index (χ0) is 9.26. The van der Waals surface area contributed by atoms with Crippen LogP contribution in [0.4, 0.5) is 0 Å². The Balaban J connectivity index is 2.38. The minimum Gasteiger partial charge on any atom is -0.268 e. The molecule has 0 bridgehead atoms. The van der Waals surface area contributed by atoms with Crippen LogP contribution in [0.15, 0.2) is 0 Å². The first-order valence-electron chi connectivity index (χ1n) is 5.07. The summed E-state index contributed by atoms with van der Waals surface area (Å²) in [6, 6.07) is 0. The second-order valence-electron chi connectivity index (χ2n) is 3.59. The van der Waals surface area contributed by atoms with Crippen LogP contribution in [0.25, 0.3) is 0 Å². The standard InChI is InChI=1S/C10H15IN2/c1-2-8-10(11)9-6-4-3-5-7-13(9)12-8/h2-7H2,1H3. The number of aromatic nitrogens is 2. The topological polar surface area (TPSA) is 17.8 Å². The molecule has 0 fully saturated rings. The number of rotatable bonds is 1. The van der Waals surface area contributed by atoms with Gasteiger partial charge in [0.05, 0.1) is 15.0 Å². The van der Waals surface area contributed by atoms with Gasteiger partial charge in [0.2, 0.25) is 0 Å². The molecule has 0 spiro atoms. The number of fused-ring (bicyclic) bond motifs is 1. The van der Waals surface area contributed by atoms with Gasteiger partial charge >= 0.3 is 0 Å². The summed E-state index contributed by atoms with van der Waals surface area (Å²) in [5.41, 5.74) is 2.77. The van der Waals surface area contributed by atoms with Gasteiger partial charge in [0, 0.05) is 6.54 Å². The Labute approximate surface area is 92.8 Å². The lowest BCUT2D eigenvalue weighted by atomic mass is 10.2. The Morgan fingerprint density at radius 2 is 2.23 bits per heavy atom. The van der Waals surface area contributed by atoms with E-state index in [0.29, 0.717) is 0 Å². The van der Waals surface area contributed by atoms with E-state index in [1.165, 1.54) is 40.6 Å². The van der Waals surface area contributed by atoms with Crippen LogP contribution in [0.3, 0.4) is 0 Å². The minimum atomic E-state index is 1.07. The van der Waals surface area contributed by atoms with Crippen LogP contribution in [0.5, 0.6) is 0 Å². The van der Waals surface area contributed by atoms with Gasteiger partial charge in [0.1, 0.15) is 0 Å². The average Bonchev–Trinajstić information content (AvgIpc) is 2.37. The predicted molar refractivity (Wildman–Crippen MR) is 61.9 cm³/mol. The Morgan fingerprint density at radius 3 is 3.00 bits per heavy atom. The highest BCUT2D eigenvalue weighted by molar-refractivity contribution is 14.1. The molecule has 1 aromatic heterocycles. The molecule has 1 aliphatic heterocycles. The zero-order valence-electron chi connectivity index (χ0n) is 8.02. The molecule has 3 heteroatoms. The maximum atomic E-state index is 4.64. The molecule has 0 saturated carbocycles. The molecule has 0 unspecified atom stereocenters. The molecule has 0 atom stereocenters. The van der Waals surface area contributed by atoms with Crippen molar-refractivity contribution in [3.05, 3.63) is 15.0 Å². The molecule has 2 heterocycles. The molecule has 2 nitrogen and oxygen atoms in total. The third kappa shape index (κ3) is 1.75. The summed E-state index contributed by atoms with van der Waals surface area (Å²) in [6.45, 7) is 3.32. The molecule has 2 rings (SSSR count). The third-order valence-corrected chi connectivity index (χ3v) is 3.92. The fourth-order valence-electron chi connectivity index (χ4n) is 1.91. The van der Waals surface area contributed by atoms with Crippen LogP contribution in [-0.4, -0.2) is 9.78 Å². The number of hydrogen-bond acceptors (Lipinski definition) is 1. The first-order chi connectivity index (χ1) is 6.33. The maximum Gasteiger partial charge on any atom is 0.0758 e. The van der Waals surface area contributed by atoms with E-state index in [1.807, 2.05) is 0 Å². The largest absolute Gasteiger partial charge is 0.268 e. The van der Waals surface area contributed by atoms with Crippen molar-refractivity contribution in [3.8, 4) is 0 Å². The molecule has 1 aliphatic rings. The van der Waals surface area contributed by atoms with Crippen LogP contribution in [0, 0.1) is 3.57 Å². The zero-order valence-corrected chi connectivity index (χ0v) is 10.2. The van der Waals surface area contributed by atoms with Crippen LogP contribution in [-0.2, 0) is 19.4 Å². The monoisotopic (exact) mass is 290 g/mol. The predicted octanol–water partition coefficient (Wildman–Crippen LogP) is 2.78. The SMILES string of the molecule is CCc1nn2c(c1I)CCCCC2. The van der Waals surface area contributed by atoms with Crippen molar-refractivity contribution in [1.82, 2.24) is 9.78 Å². The van der Waals surface area contributed by atoms with Crippen LogP contribution in [0.2, 0.25) is 0 Å². The highest BCUT2D eigenvalue weighted by atomic mass is 127. The van der Waals surface area contributed by atoms with E-state index in [9.17, 15) is 0 Å². The summed E-state index contributed by atoms with van der Waals surface area (Å²) in [7, 11) is 0. The second kappa shape index (κ2) is 3.98. The number of aryl methyl sites for hydroxylation is 2. The molecule has 0 radical (unpaired) electrons. The van der Waals surface area contributed by atoms with Gasteiger partial charge in [-0.25, -0.2) is 0 Å². The molecule has 1 aromatic rings. The highest BCUT2D eigenvalue weighted by Crippen LogP contribution is 2.22. The fraction of sp³-hybridized carbons (Fsp3) is 0.700. The second-order valence-corrected chi connectivity index (χ2v) is 4.67. The van der Waals surface area contributed by atoms with E-state index in [0.717, 1.165) is 13.0 Å².